The summed E-state index contributed by atoms with van der Waals surface area (Å²) in [5.41, 5.74) is 0. The van der Waals surface area contributed by atoms with E-state index in [0.717, 1.165) is 10.8 Å². The Labute approximate surface area is 49.6 Å². The van der Waals surface area contributed by atoms with Crippen molar-refractivity contribution in [1.82, 2.24) is 4.41 Å². The van der Waals surface area contributed by atoms with Crippen LogP contribution in [0.4, 0.5) is 0 Å². The second-order valence-corrected chi connectivity index (χ2v) is 2.24. The number of hydrogen-bond donors (Lipinski definition) is 0. The zero-order valence-electron chi connectivity index (χ0n) is 4.11. The third kappa shape index (κ3) is 1.05. The molecule has 46 valence electrons. The van der Waals surface area contributed by atoms with E-state index in [-0.39, 0.29) is 0 Å². The monoisotopic (exact) mass is 133 g/mol. The summed E-state index contributed by atoms with van der Waals surface area (Å²) in [4.78, 5) is 0. The van der Waals surface area contributed by atoms with Gasteiger partial charge in [-0.2, -0.15) is 5.10 Å². The summed E-state index contributed by atoms with van der Waals surface area (Å²) in [6.07, 6.45) is 2.31. The summed E-state index contributed by atoms with van der Waals surface area (Å²) in [5, 5.41) is 3.53. The predicted molar refractivity (Wildman–Crippen MR) is 28.7 cm³/mol. The van der Waals surface area contributed by atoms with E-state index >= 15 is 0 Å². The summed E-state index contributed by atoms with van der Waals surface area (Å²) >= 11 is -2.16. The molecule has 0 saturated heterocycles. The van der Waals surface area contributed by atoms with Crippen molar-refractivity contribution in [3.63, 3.8) is 0 Å². The standard InChI is InChI=1S/C3H6N2O2S/c6-8(7)5-3-1-2-4-5/h2H,1,3H2,(H,6,7)/p-1. The number of hydrazone groups is 1. The first-order chi connectivity index (χ1) is 3.80. The van der Waals surface area contributed by atoms with E-state index in [9.17, 15) is 8.76 Å². The van der Waals surface area contributed by atoms with Gasteiger partial charge in [0, 0.05) is 12.6 Å². The minimum atomic E-state index is -2.16. The van der Waals surface area contributed by atoms with Gasteiger partial charge in [0.05, 0.1) is 17.8 Å². The van der Waals surface area contributed by atoms with Crippen molar-refractivity contribution < 1.29 is 8.76 Å². The summed E-state index contributed by atoms with van der Waals surface area (Å²) in [5.74, 6) is 0. The minimum absolute atomic E-state index is 0.496. The van der Waals surface area contributed by atoms with Gasteiger partial charge in [-0.15, -0.1) is 0 Å². The van der Waals surface area contributed by atoms with Crippen molar-refractivity contribution in [2.24, 2.45) is 5.10 Å². The average Bonchev–Trinajstić information content (AvgIpc) is 2.12. The van der Waals surface area contributed by atoms with Crippen LogP contribution >= 0.6 is 0 Å². The molecule has 0 aromatic heterocycles. The maximum Gasteiger partial charge on any atom is 0.0640 e. The second-order valence-electron chi connectivity index (χ2n) is 1.38. The molecule has 1 aliphatic rings. The van der Waals surface area contributed by atoms with Gasteiger partial charge in [-0.25, -0.2) is 4.41 Å². The van der Waals surface area contributed by atoms with Gasteiger partial charge in [-0.05, 0) is 0 Å². The van der Waals surface area contributed by atoms with Crippen LogP contribution in [0.5, 0.6) is 0 Å². The molecule has 1 atom stereocenters. The summed E-state index contributed by atoms with van der Waals surface area (Å²) in [7, 11) is 0. The van der Waals surface area contributed by atoms with E-state index in [4.69, 9.17) is 0 Å². The molecule has 1 unspecified atom stereocenters. The fourth-order valence-electron chi connectivity index (χ4n) is 0.488. The first-order valence-electron chi connectivity index (χ1n) is 2.20. The zero-order chi connectivity index (χ0) is 5.98. The predicted octanol–water partition coefficient (Wildman–Crippen LogP) is -0.528. The van der Waals surface area contributed by atoms with Crippen LogP contribution < -0.4 is 0 Å². The van der Waals surface area contributed by atoms with Gasteiger partial charge < -0.3 is 4.55 Å². The molecule has 5 heteroatoms. The van der Waals surface area contributed by atoms with Crippen molar-refractivity contribution in [3.05, 3.63) is 0 Å². The normalized spacial score (nSPS) is 21.9. The third-order valence-electron chi connectivity index (χ3n) is 0.832. The highest BCUT2D eigenvalue weighted by atomic mass is 32.2. The molecule has 1 aliphatic heterocycles. The van der Waals surface area contributed by atoms with Gasteiger partial charge in [-0.1, -0.05) is 0 Å². The molecule has 0 spiro atoms. The van der Waals surface area contributed by atoms with Crippen molar-refractivity contribution in [2.45, 2.75) is 6.42 Å². The molecular weight excluding hydrogens is 128 g/mol. The fourth-order valence-corrected chi connectivity index (χ4v) is 0.886. The molecule has 0 aromatic rings. The van der Waals surface area contributed by atoms with E-state index in [0.29, 0.717) is 6.54 Å². The van der Waals surface area contributed by atoms with E-state index in [2.05, 4.69) is 5.10 Å². The van der Waals surface area contributed by atoms with Crippen LogP contribution in [0.15, 0.2) is 5.10 Å². The molecule has 8 heavy (non-hydrogen) atoms. The Hall–Kier alpha value is -0.420. The summed E-state index contributed by atoms with van der Waals surface area (Å²) in [6.45, 7) is 0.496. The first kappa shape index (κ1) is 5.71. The lowest BCUT2D eigenvalue weighted by Crippen LogP contribution is -2.16. The molecule has 0 amide bonds. The lowest BCUT2D eigenvalue weighted by molar-refractivity contribution is 0.426. The maximum atomic E-state index is 10.0. The van der Waals surface area contributed by atoms with Crippen LogP contribution in [0.25, 0.3) is 0 Å². The molecule has 0 aliphatic carbocycles. The largest absolute Gasteiger partial charge is 0.754 e. The second kappa shape index (κ2) is 2.23. The van der Waals surface area contributed by atoms with Crippen LogP contribution in [0.3, 0.4) is 0 Å². The van der Waals surface area contributed by atoms with E-state index < -0.39 is 11.3 Å². The van der Waals surface area contributed by atoms with Crippen molar-refractivity contribution in [1.29, 1.82) is 0 Å². The Kier molecular flexibility index (Phi) is 1.59. The lowest BCUT2D eigenvalue weighted by atomic mass is 10.5. The number of hydrogen-bond acceptors (Lipinski definition) is 3. The molecule has 0 N–H and O–H groups in total. The topological polar surface area (TPSA) is 55.7 Å². The minimum Gasteiger partial charge on any atom is -0.754 e. The highest BCUT2D eigenvalue weighted by Crippen LogP contribution is 1.99. The molecule has 0 saturated carbocycles. The summed E-state index contributed by atoms with van der Waals surface area (Å²) < 4.78 is 21.0. The van der Waals surface area contributed by atoms with Gasteiger partial charge >= 0.3 is 0 Å². The van der Waals surface area contributed by atoms with E-state index in [1.165, 1.54) is 0 Å². The highest BCUT2D eigenvalue weighted by molar-refractivity contribution is 7.76. The average molecular weight is 133 g/mol. The van der Waals surface area contributed by atoms with Crippen LogP contribution in [0.1, 0.15) is 6.42 Å². The van der Waals surface area contributed by atoms with Gasteiger partial charge in [-0.3, -0.25) is 4.21 Å². The van der Waals surface area contributed by atoms with Crippen LogP contribution in [0.2, 0.25) is 0 Å². The molecule has 4 nitrogen and oxygen atoms in total. The Morgan fingerprint density at radius 3 is 2.88 bits per heavy atom. The fraction of sp³-hybridized carbons (Fsp3) is 0.667. The smallest absolute Gasteiger partial charge is 0.0640 e. The molecule has 0 bridgehead atoms. The van der Waals surface area contributed by atoms with Crippen LogP contribution in [-0.4, -0.2) is 25.9 Å². The molecular formula is C3H5N2O2S-. The number of rotatable bonds is 1. The van der Waals surface area contributed by atoms with Crippen molar-refractivity contribution >= 4 is 17.5 Å². The van der Waals surface area contributed by atoms with E-state index in [1.54, 1.807) is 6.21 Å². The quantitative estimate of drug-likeness (QED) is 0.451. The van der Waals surface area contributed by atoms with Gasteiger partial charge in [0.15, 0.2) is 0 Å². The lowest BCUT2D eigenvalue weighted by Gasteiger charge is -2.14. The Morgan fingerprint density at radius 2 is 2.62 bits per heavy atom. The van der Waals surface area contributed by atoms with E-state index in [1.807, 2.05) is 0 Å². The van der Waals surface area contributed by atoms with Crippen LogP contribution in [0, 0.1) is 0 Å². The summed E-state index contributed by atoms with van der Waals surface area (Å²) in [6, 6.07) is 0. The van der Waals surface area contributed by atoms with Gasteiger partial charge in [0.2, 0.25) is 0 Å². The molecule has 0 aromatic carbocycles. The van der Waals surface area contributed by atoms with Gasteiger partial charge in [0.25, 0.3) is 0 Å². The first-order valence-corrected chi connectivity index (χ1v) is 3.23. The number of nitrogens with zero attached hydrogens (tertiary/aromatic N) is 2. The Morgan fingerprint density at radius 1 is 1.88 bits per heavy atom. The van der Waals surface area contributed by atoms with Crippen LogP contribution in [-0.2, 0) is 11.3 Å². The molecule has 0 radical (unpaired) electrons. The maximum absolute atomic E-state index is 10.0. The Bertz CT molecular complexity index is 135. The molecule has 1 rings (SSSR count). The third-order valence-corrected chi connectivity index (χ3v) is 1.45. The SMILES string of the molecule is O=S([O-])N1CCC=N1. The zero-order valence-corrected chi connectivity index (χ0v) is 4.93. The Balaban J connectivity index is 2.48. The highest BCUT2D eigenvalue weighted by Gasteiger charge is 2.03. The van der Waals surface area contributed by atoms with Gasteiger partial charge in [0.1, 0.15) is 0 Å². The van der Waals surface area contributed by atoms with Crippen molar-refractivity contribution in [2.75, 3.05) is 6.54 Å². The van der Waals surface area contributed by atoms with Crippen molar-refractivity contribution in [3.8, 4) is 0 Å². The molecule has 1 heterocycles. The molecule has 0 fully saturated rings.